The SMILES string of the molecule is CC(=O)O.COc1c2ccc-2c1OC. The van der Waals surface area contributed by atoms with E-state index in [0.29, 0.717) is 0 Å². The summed E-state index contributed by atoms with van der Waals surface area (Å²) in [6.07, 6.45) is 0. The fourth-order valence-corrected chi connectivity index (χ4v) is 1.23. The van der Waals surface area contributed by atoms with Crippen LogP contribution in [0.1, 0.15) is 6.92 Å². The van der Waals surface area contributed by atoms with Gasteiger partial charge in [0.25, 0.3) is 5.97 Å². The molecule has 14 heavy (non-hydrogen) atoms. The molecule has 0 atom stereocenters. The van der Waals surface area contributed by atoms with Crippen molar-refractivity contribution in [2.45, 2.75) is 6.92 Å². The number of carbonyl (C=O) groups is 1. The van der Waals surface area contributed by atoms with Gasteiger partial charge in [0.05, 0.1) is 14.2 Å². The Hall–Kier alpha value is -1.71. The van der Waals surface area contributed by atoms with Crippen molar-refractivity contribution in [1.82, 2.24) is 0 Å². The Morgan fingerprint density at radius 2 is 1.43 bits per heavy atom. The molecule has 2 aliphatic carbocycles. The van der Waals surface area contributed by atoms with Crippen LogP contribution in [-0.4, -0.2) is 25.3 Å². The standard InChI is InChI=1S/C8H8O2.C2H4O2/c1-9-7-5-3-4-6(5)8(7)10-2;1-2(3)4/h3-4H,1-2H3;1H3,(H,3,4). The second kappa shape index (κ2) is 4.00. The van der Waals surface area contributed by atoms with Crippen LogP contribution >= 0.6 is 0 Å². The highest BCUT2D eigenvalue weighted by Gasteiger charge is 2.27. The van der Waals surface area contributed by atoms with E-state index in [9.17, 15) is 0 Å². The molecule has 76 valence electrons. The summed E-state index contributed by atoms with van der Waals surface area (Å²) in [4.78, 5) is 9.00. The molecule has 0 aromatic carbocycles. The van der Waals surface area contributed by atoms with Crippen molar-refractivity contribution >= 4 is 5.97 Å². The quantitative estimate of drug-likeness (QED) is 0.795. The van der Waals surface area contributed by atoms with E-state index < -0.39 is 5.97 Å². The van der Waals surface area contributed by atoms with Gasteiger partial charge < -0.3 is 14.6 Å². The monoisotopic (exact) mass is 196 g/mol. The number of benzene rings is 1. The predicted octanol–water partition coefficient (Wildman–Crippen LogP) is 1.78. The van der Waals surface area contributed by atoms with Crippen LogP contribution in [0.15, 0.2) is 12.1 Å². The molecule has 4 heteroatoms. The van der Waals surface area contributed by atoms with Crippen LogP contribution in [0.5, 0.6) is 11.5 Å². The van der Waals surface area contributed by atoms with E-state index in [2.05, 4.69) is 0 Å². The normalized spacial score (nSPS) is 9.64. The average molecular weight is 196 g/mol. The molecule has 0 spiro atoms. The van der Waals surface area contributed by atoms with Gasteiger partial charge >= 0.3 is 0 Å². The first-order chi connectivity index (χ1) is 6.61. The summed E-state index contributed by atoms with van der Waals surface area (Å²) in [7, 11) is 3.31. The molecule has 0 heterocycles. The number of aliphatic carboxylic acids is 1. The highest BCUT2D eigenvalue weighted by atomic mass is 16.5. The Bertz CT molecular complexity index is 324. The zero-order valence-electron chi connectivity index (χ0n) is 8.33. The minimum Gasteiger partial charge on any atom is -0.492 e. The summed E-state index contributed by atoms with van der Waals surface area (Å²) in [6.45, 7) is 1.08. The van der Waals surface area contributed by atoms with Crippen molar-refractivity contribution in [3.63, 3.8) is 0 Å². The van der Waals surface area contributed by atoms with Crippen molar-refractivity contribution in [3.8, 4) is 22.6 Å². The Balaban J connectivity index is 0.000000213. The third-order valence-electron chi connectivity index (χ3n) is 1.81. The van der Waals surface area contributed by atoms with E-state index in [-0.39, 0.29) is 0 Å². The van der Waals surface area contributed by atoms with E-state index in [4.69, 9.17) is 19.4 Å². The maximum atomic E-state index is 9.00. The molecule has 0 saturated carbocycles. The smallest absolute Gasteiger partial charge is 0.300 e. The number of hydrogen-bond donors (Lipinski definition) is 1. The van der Waals surface area contributed by atoms with Gasteiger partial charge in [-0.3, -0.25) is 4.79 Å². The van der Waals surface area contributed by atoms with Gasteiger partial charge in [-0.2, -0.15) is 0 Å². The van der Waals surface area contributed by atoms with Gasteiger partial charge in [0, 0.05) is 18.1 Å². The lowest BCUT2D eigenvalue weighted by Gasteiger charge is -2.24. The van der Waals surface area contributed by atoms with Crippen LogP contribution in [-0.2, 0) is 4.79 Å². The lowest BCUT2D eigenvalue weighted by atomic mass is 9.90. The summed E-state index contributed by atoms with van der Waals surface area (Å²) in [6, 6.07) is 4.05. The number of carboxylic acid groups (broad SMARTS) is 1. The minimum absolute atomic E-state index is 0.833. The van der Waals surface area contributed by atoms with Gasteiger partial charge in [0.15, 0.2) is 11.5 Å². The van der Waals surface area contributed by atoms with Gasteiger partial charge in [0.1, 0.15) is 0 Å². The van der Waals surface area contributed by atoms with Crippen LogP contribution in [0, 0.1) is 0 Å². The van der Waals surface area contributed by atoms with Gasteiger partial charge in [-0.25, -0.2) is 0 Å². The molecule has 0 fully saturated rings. The Labute approximate surface area is 82.1 Å². The Morgan fingerprint density at radius 1 is 1.14 bits per heavy atom. The average Bonchev–Trinajstić information content (AvgIpc) is 2.06. The number of rotatable bonds is 2. The van der Waals surface area contributed by atoms with E-state index in [0.717, 1.165) is 18.4 Å². The lowest BCUT2D eigenvalue weighted by molar-refractivity contribution is -0.134. The van der Waals surface area contributed by atoms with Crippen LogP contribution in [0.4, 0.5) is 0 Å². The number of ether oxygens (including phenoxy) is 2. The maximum Gasteiger partial charge on any atom is 0.300 e. The molecule has 2 aliphatic rings. The predicted molar refractivity (Wildman–Crippen MR) is 51.8 cm³/mol. The summed E-state index contributed by atoms with van der Waals surface area (Å²) < 4.78 is 10.1. The number of hydrogen-bond acceptors (Lipinski definition) is 3. The van der Waals surface area contributed by atoms with Gasteiger partial charge in [0.2, 0.25) is 0 Å². The van der Waals surface area contributed by atoms with Gasteiger partial charge in [-0.05, 0) is 12.1 Å². The highest BCUT2D eigenvalue weighted by molar-refractivity contribution is 5.93. The second-order valence-electron chi connectivity index (χ2n) is 2.75. The van der Waals surface area contributed by atoms with Crippen molar-refractivity contribution in [1.29, 1.82) is 0 Å². The molecule has 0 aliphatic heterocycles. The van der Waals surface area contributed by atoms with E-state index in [1.165, 1.54) is 11.1 Å². The Morgan fingerprint density at radius 3 is 1.57 bits per heavy atom. The fourth-order valence-electron chi connectivity index (χ4n) is 1.23. The molecule has 0 radical (unpaired) electrons. The molecule has 0 unspecified atom stereocenters. The first-order valence-electron chi connectivity index (χ1n) is 4.06. The molecule has 0 bridgehead atoms. The van der Waals surface area contributed by atoms with Crippen LogP contribution in [0.25, 0.3) is 11.1 Å². The minimum atomic E-state index is -0.833. The molecular weight excluding hydrogens is 184 g/mol. The van der Waals surface area contributed by atoms with Gasteiger partial charge in [-0.1, -0.05) is 0 Å². The van der Waals surface area contributed by atoms with Crippen molar-refractivity contribution in [2.24, 2.45) is 0 Å². The van der Waals surface area contributed by atoms with Crippen LogP contribution < -0.4 is 9.47 Å². The molecule has 0 saturated heterocycles. The van der Waals surface area contributed by atoms with E-state index in [1.807, 2.05) is 12.1 Å². The molecule has 2 rings (SSSR count). The van der Waals surface area contributed by atoms with Crippen LogP contribution in [0.2, 0.25) is 0 Å². The van der Waals surface area contributed by atoms with Gasteiger partial charge in [-0.15, -0.1) is 0 Å². The first-order valence-corrected chi connectivity index (χ1v) is 4.06. The summed E-state index contributed by atoms with van der Waals surface area (Å²) in [5.74, 6) is 0.944. The molecule has 0 aromatic heterocycles. The second-order valence-corrected chi connectivity index (χ2v) is 2.75. The van der Waals surface area contributed by atoms with Crippen molar-refractivity contribution in [2.75, 3.05) is 14.2 Å². The molecular formula is C10H12O4. The molecule has 0 amide bonds. The summed E-state index contributed by atoms with van der Waals surface area (Å²) in [5, 5.41) is 7.42. The molecule has 1 N–H and O–H groups in total. The number of carboxylic acids is 1. The van der Waals surface area contributed by atoms with E-state index >= 15 is 0 Å². The topological polar surface area (TPSA) is 55.8 Å². The highest BCUT2D eigenvalue weighted by Crippen LogP contribution is 2.54. The van der Waals surface area contributed by atoms with Crippen LogP contribution in [0.3, 0.4) is 0 Å². The Kier molecular flexibility index (Phi) is 2.96. The molecule has 4 nitrogen and oxygen atoms in total. The first kappa shape index (κ1) is 10.4. The third kappa shape index (κ3) is 1.64. The fraction of sp³-hybridized carbons (Fsp3) is 0.300. The summed E-state index contributed by atoms with van der Waals surface area (Å²) in [5.41, 5.74) is 2.39. The number of fused-ring (bicyclic) bond motifs is 1. The van der Waals surface area contributed by atoms with E-state index in [1.54, 1.807) is 14.2 Å². The van der Waals surface area contributed by atoms with Crippen molar-refractivity contribution < 1.29 is 19.4 Å². The zero-order chi connectivity index (χ0) is 10.7. The maximum absolute atomic E-state index is 9.00. The number of methoxy groups -OCH3 is 2. The third-order valence-corrected chi connectivity index (χ3v) is 1.81. The zero-order valence-corrected chi connectivity index (χ0v) is 8.33. The summed E-state index contributed by atoms with van der Waals surface area (Å²) >= 11 is 0. The lowest BCUT2D eigenvalue weighted by Crippen LogP contribution is -2.03. The largest absolute Gasteiger partial charge is 0.492 e. The molecule has 0 aromatic rings. The van der Waals surface area contributed by atoms with Crippen molar-refractivity contribution in [3.05, 3.63) is 12.1 Å².